The van der Waals surface area contributed by atoms with Crippen molar-refractivity contribution in [2.45, 2.75) is 65.8 Å². The first kappa shape index (κ1) is 31.6. The first-order valence-corrected chi connectivity index (χ1v) is 14.3. The van der Waals surface area contributed by atoms with Crippen LogP contribution in [0.1, 0.15) is 69.2 Å². The van der Waals surface area contributed by atoms with Crippen molar-refractivity contribution in [2.75, 3.05) is 26.7 Å². The molecule has 7 rings (SSSR count). The van der Waals surface area contributed by atoms with E-state index in [1.807, 2.05) is 36.9 Å². The molecule has 0 spiro atoms. The number of hydrogen-bond acceptors (Lipinski definition) is 6. The van der Waals surface area contributed by atoms with Crippen LogP contribution in [0.3, 0.4) is 0 Å². The van der Waals surface area contributed by atoms with E-state index < -0.39 is 17.4 Å². The summed E-state index contributed by atoms with van der Waals surface area (Å²) in [4.78, 5) is 15.9. The van der Waals surface area contributed by atoms with Gasteiger partial charge in [0.25, 0.3) is 0 Å². The van der Waals surface area contributed by atoms with Crippen molar-refractivity contribution in [1.29, 1.82) is 0 Å². The van der Waals surface area contributed by atoms with Crippen LogP contribution in [0.2, 0.25) is 0 Å². The lowest BCUT2D eigenvalue weighted by atomic mass is 9.71. The van der Waals surface area contributed by atoms with Gasteiger partial charge in [-0.2, -0.15) is 13.2 Å². The Bertz CT molecular complexity index is 1700. The fourth-order valence-corrected chi connectivity index (χ4v) is 6.33. The number of nitrogens with zero attached hydrogens (tertiary/aromatic N) is 6. The highest BCUT2D eigenvalue weighted by Gasteiger charge is 2.43. The third kappa shape index (κ3) is 5.84. The average molecular weight is 612 g/mol. The molecule has 9 nitrogen and oxygen atoms in total. The average Bonchev–Trinajstić information content (AvgIpc) is 3.61. The highest BCUT2D eigenvalue weighted by molar-refractivity contribution is 5.76. The van der Waals surface area contributed by atoms with Crippen LogP contribution in [0.25, 0.3) is 16.9 Å². The summed E-state index contributed by atoms with van der Waals surface area (Å²) in [7, 11) is 1.91. The molecular formula is C32H40F3N7O2+. The van der Waals surface area contributed by atoms with E-state index in [-0.39, 0.29) is 32.4 Å². The molecule has 12 heteroatoms. The van der Waals surface area contributed by atoms with Crippen LogP contribution < -0.4 is 11.0 Å². The smallest absolute Gasteiger partial charge is 0.376 e. The Kier molecular flexibility index (Phi) is 8.60. The molecule has 1 N–H and O–H groups in total. The zero-order valence-corrected chi connectivity index (χ0v) is 23.4. The molecule has 1 aromatic carbocycles. The molecule has 2 fully saturated rings. The fourth-order valence-electron chi connectivity index (χ4n) is 6.33. The van der Waals surface area contributed by atoms with Gasteiger partial charge in [0.05, 0.1) is 53.3 Å². The largest absolute Gasteiger partial charge is 0.418 e. The zero-order chi connectivity index (χ0) is 29.2. The summed E-state index contributed by atoms with van der Waals surface area (Å²) in [6.45, 7) is 3.99. The number of hydrogen-bond donors (Lipinski definition) is 1. The number of ether oxygens (including phenoxy) is 1. The SMILES string of the molecule is C.C.C[C@@H]1CN(Cc2cc(C(F)(F)F)c3cn(-c4cc(C5=CN5)cc([C@@H]([C]5N=NC=[N+]5C)C5CCC5)c4)c(=O)n3c2)CCO1. The summed E-state index contributed by atoms with van der Waals surface area (Å²) in [5, 5.41) is 11.6. The minimum atomic E-state index is -4.63. The van der Waals surface area contributed by atoms with Gasteiger partial charge in [-0.25, -0.2) is 9.37 Å². The summed E-state index contributed by atoms with van der Waals surface area (Å²) in [6.07, 6.45) is 5.82. The molecule has 1 aliphatic carbocycles. The van der Waals surface area contributed by atoms with Crippen LogP contribution in [-0.2, 0) is 17.5 Å². The second-order valence-electron chi connectivity index (χ2n) is 11.7. The molecule has 2 atom stereocenters. The van der Waals surface area contributed by atoms with Gasteiger partial charge in [-0.15, -0.1) is 0 Å². The van der Waals surface area contributed by atoms with Crippen LogP contribution in [0.4, 0.5) is 13.2 Å². The van der Waals surface area contributed by atoms with Gasteiger partial charge in [0, 0.05) is 43.8 Å². The summed E-state index contributed by atoms with van der Waals surface area (Å²) in [5.41, 5.74) is 2.13. The quantitative estimate of drug-likeness (QED) is 0.332. The number of pyridine rings is 1. The molecule has 4 aliphatic rings. The number of aromatic nitrogens is 2. The van der Waals surface area contributed by atoms with Gasteiger partial charge in [-0.05, 0) is 66.2 Å². The van der Waals surface area contributed by atoms with Crippen LogP contribution in [0.5, 0.6) is 0 Å². The molecule has 1 radical (unpaired) electrons. The highest BCUT2D eigenvalue weighted by Crippen LogP contribution is 2.47. The normalized spacial score (nSPS) is 21.2. The van der Waals surface area contributed by atoms with Crippen LogP contribution in [0.15, 0.2) is 57.9 Å². The standard InChI is InChI=1S/C30H32F3N7O2.2CH4/c1-18-13-38(6-7-42-18)14-19-8-24(30(31,32)33)26-16-39(29(41)40(26)15-19)23-10-21(25-12-34-25)9-22(11-23)27(20-4-3-5-20)28-36-35-17-37(28)2;;/h8-12,15-18,20,27,34H,3-7,13-14H2,1-2H3;2*1H4/q+1;;/t18-,27+;;/m1../s1. The Morgan fingerprint density at radius 3 is 2.55 bits per heavy atom. The van der Waals surface area contributed by atoms with Gasteiger partial charge in [-0.1, -0.05) is 21.3 Å². The van der Waals surface area contributed by atoms with E-state index in [4.69, 9.17) is 4.74 Å². The van der Waals surface area contributed by atoms with Crippen LogP contribution >= 0.6 is 0 Å². The topological polar surface area (TPSA) is 88.5 Å². The van der Waals surface area contributed by atoms with E-state index in [2.05, 4.69) is 26.5 Å². The van der Waals surface area contributed by atoms with E-state index in [0.717, 1.165) is 46.7 Å². The lowest BCUT2D eigenvalue weighted by Crippen LogP contribution is -2.40. The predicted molar refractivity (Wildman–Crippen MR) is 164 cm³/mol. The molecule has 0 amide bonds. The fraction of sp³-hybridized carbons (Fsp3) is 0.469. The van der Waals surface area contributed by atoms with Crippen molar-refractivity contribution in [3.8, 4) is 5.69 Å². The molecular weight excluding hydrogens is 571 g/mol. The first-order chi connectivity index (χ1) is 20.2. The lowest BCUT2D eigenvalue weighted by molar-refractivity contribution is -0.480. The van der Waals surface area contributed by atoms with Crippen molar-refractivity contribution < 1.29 is 22.5 Å². The number of fused-ring (bicyclic) bond motifs is 1. The van der Waals surface area contributed by atoms with Gasteiger partial charge >= 0.3 is 24.4 Å². The van der Waals surface area contributed by atoms with Gasteiger partial charge in [0.15, 0.2) is 0 Å². The number of rotatable bonds is 7. The Labute approximate surface area is 255 Å². The van der Waals surface area contributed by atoms with E-state index >= 15 is 0 Å². The summed E-state index contributed by atoms with van der Waals surface area (Å²) >= 11 is 0. The zero-order valence-electron chi connectivity index (χ0n) is 23.4. The molecule has 3 aromatic rings. The molecule has 235 valence electrons. The minimum absolute atomic E-state index is 0. The number of halogens is 3. The Morgan fingerprint density at radius 2 is 1.93 bits per heavy atom. The number of imidazole rings is 1. The maximum Gasteiger partial charge on any atom is 0.418 e. The number of nitrogens with one attached hydrogen (secondary N) is 1. The molecule has 1 saturated heterocycles. The Balaban J connectivity index is 0.00000192. The first-order valence-electron chi connectivity index (χ1n) is 14.3. The van der Waals surface area contributed by atoms with Crippen molar-refractivity contribution in [2.24, 2.45) is 16.1 Å². The molecule has 3 aliphatic heterocycles. The number of morpholine rings is 1. The molecule has 2 aromatic heterocycles. The van der Waals surface area contributed by atoms with Crippen LogP contribution in [0, 0.1) is 12.1 Å². The van der Waals surface area contributed by atoms with Crippen molar-refractivity contribution in [3.63, 3.8) is 0 Å². The third-order valence-corrected chi connectivity index (χ3v) is 8.68. The Hall–Kier alpha value is -3.77. The second kappa shape index (κ2) is 12.0. The molecule has 44 heavy (non-hydrogen) atoms. The number of azo groups is 1. The molecule has 1 saturated carbocycles. The van der Waals surface area contributed by atoms with Gasteiger partial charge in [0.1, 0.15) is 0 Å². The minimum Gasteiger partial charge on any atom is -0.376 e. The third-order valence-electron chi connectivity index (χ3n) is 8.68. The maximum absolute atomic E-state index is 14.4. The highest BCUT2D eigenvalue weighted by atomic mass is 19.4. The van der Waals surface area contributed by atoms with E-state index in [1.54, 1.807) is 6.34 Å². The molecule has 0 unspecified atom stereocenters. The van der Waals surface area contributed by atoms with Gasteiger partial charge in [-0.3, -0.25) is 13.9 Å². The summed E-state index contributed by atoms with van der Waals surface area (Å²) in [6, 6.07) is 7.00. The monoisotopic (exact) mass is 611 g/mol. The second-order valence-corrected chi connectivity index (χ2v) is 11.7. The van der Waals surface area contributed by atoms with Crippen molar-refractivity contribution in [3.05, 3.63) is 81.8 Å². The van der Waals surface area contributed by atoms with Gasteiger partial charge < -0.3 is 10.1 Å². The predicted octanol–water partition coefficient (Wildman–Crippen LogP) is 6.01. The molecule has 5 heterocycles. The van der Waals surface area contributed by atoms with E-state index in [1.165, 1.54) is 23.0 Å². The number of benzene rings is 1. The number of likely N-dealkylation sites (N-methyl/N-ethyl adjacent to an activating group) is 1. The Morgan fingerprint density at radius 1 is 1.16 bits per heavy atom. The van der Waals surface area contributed by atoms with E-state index in [0.29, 0.717) is 43.4 Å². The summed E-state index contributed by atoms with van der Waals surface area (Å²) in [5.74, 6) is 0.314. The lowest BCUT2D eigenvalue weighted by Gasteiger charge is -2.34. The number of alkyl halides is 3. The van der Waals surface area contributed by atoms with Crippen LogP contribution in [-0.4, -0.2) is 57.6 Å². The summed E-state index contributed by atoms with van der Waals surface area (Å²) < 4.78 is 53.1. The molecule has 0 bridgehead atoms. The maximum atomic E-state index is 14.4. The van der Waals surface area contributed by atoms with Gasteiger partial charge in [0.2, 0.25) is 0 Å². The van der Waals surface area contributed by atoms with E-state index in [9.17, 15) is 18.0 Å². The van der Waals surface area contributed by atoms with Crippen molar-refractivity contribution >= 4 is 17.6 Å². The van der Waals surface area contributed by atoms with Crippen molar-refractivity contribution in [1.82, 2.24) is 19.2 Å².